The fourth-order valence-electron chi connectivity index (χ4n) is 3.87. The van der Waals surface area contributed by atoms with Gasteiger partial charge >= 0.3 is 0 Å². The summed E-state index contributed by atoms with van der Waals surface area (Å²) in [6.45, 7) is 4.62. The molecule has 4 rings (SSSR count). The van der Waals surface area contributed by atoms with E-state index >= 15 is 0 Å². The number of rotatable bonds is 5. The number of hydrogen-bond donors (Lipinski definition) is 2. The third-order valence-electron chi connectivity index (χ3n) is 5.65. The predicted octanol–water partition coefficient (Wildman–Crippen LogP) is 1.60. The molecule has 7 heteroatoms. The molecule has 0 bridgehead atoms. The van der Waals surface area contributed by atoms with Gasteiger partial charge in [0.15, 0.2) is 0 Å². The smallest absolute Gasteiger partial charge is 0.239 e. The van der Waals surface area contributed by atoms with Crippen LogP contribution in [0.3, 0.4) is 0 Å². The molecule has 2 aliphatic heterocycles. The highest BCUT2D eigenvalue weighted by atomic mass is 16.2. The molecule has 156 valence electrons. The summed E-state index contributed by atoms with van der Waals surface area (Å²) >= 11 is 0. The van der Waals surface area contributed by atoms with E-state index in [9.17, 15) is 14.4 Å². The highest BCUT2D eigenvalue weighted by Gasteiger charge is 2.34. The average Bonchev–Trinajstić information content (AvgIpc) is 3.15. The monoisotopic (exact) mass is 406 g/mol. The molecule has 0 aliphatic carbocycles. The zero-order chi connectivity index (χ0) is 21.1. The van der Waals surface area contributed by atoms with Crippen molar-refractivity contribution >= 4 is 29.1 Å². The summed E-state index contributed by atoms with van der Waals surface area (Å²) in [6, 6.07) is 15.6. The molecule has 2 fully saturated rings. The molecule has 2 N–H and O–H groups in total. The van der Waals surface area contributed by atoms with Crippen molar-refractivity contribution in [3.8, 4) is 0 Å². The number of carbonyl (C=O) groups excluding carboxylic acids is 3. The van der Waals surface area contributed by atoms with Crippen molar-refractivity contribution in [2.75, 3.05) is 36.0 Å². The van der Waals surface area contributed by atoms with Gasteiger partial charge in [-0.3, -0.25) is 14.4 Å². The number of aryl methyl sites for hydroxylation is 1. The third kappa shape index (κ3) is 4.45. The van der Waals surface area contributed by atoms with Gasteiger partial charge in [0.2, 0.25) is 17.7 Å². The van der Waals surface area contributed by atoms with Crippen molar-refractivity contribution in [3.63, 3.8) is 0 Å². The molecule has 1 atom stereocenters. The zero-order valence-corrected chi connectivity index (χ0v) is 17.1. The van der Waals surface area contributed by atoms with Crippen LogP contribution < -0.4 is 20.4 Å². The van der Waals surface area contributed by atoms with Gasteiger partial charge in [-0.25, -0.2) is 0 Å². The van der Waals surface area contributed by atoms with Gasteiger partial charge in [-0.2, -0.15) is 0 Å². The first kappa shape index (κ1) is 19.9. The normalized spacial score (nSPS) is 19.0. The standard InChI is InChI=1S/C23H26N4O3/c1-16-2-6-20(7-3-16)27-14-18(12-22(27)29)23(30)25-13-17-4-8-19(9-5-17)26-11-10-24-21(28)15-26/h2-9,18H,10-15H2,1H3,(H,24,28)(H,25,30). The number of amides is 3. The van der Waals surface area contributed by atoms with Crippen molar-refractivity contribution in [3.05, 3.63) is 59.7 Å². The third-order valence-corrected chi connectivity index (χ3v) is 5.65. The number of hydrogen-bond acceptors (Lipinski definition) is 4. The Labute approximate surface area is 176 Å². The van der Waals surface area contributed by atoms with Gasteiger partial charge in [-0.05, 0) is 36.8 Å². The SMILES string of the molecule is Cc1ccc(N2CC(C(=O)NCc3ccc(N4CCNC(=O)C4)cc3)CC2=O)cc1. The van der Waals surface area contributed by atoms with Crippen molar-refractivity contribution in [1.82, 2.24) is 10.6 Å². The van der Waals surface area contributed by atoms with Gasteiger partial charge in [0.1, 0.15) is 0 Å². The molecular formula is C23H26N4O3. The number of nitrogens with one attached hydrogen (secondary N) is 2. The first-order valence-corrected chi connectivity index (χ1v) is 10.2. The van der Waals surface area contributed by atoms with Crippen LogP contribution >= 0.6 is 0 Å². The van der Waals surface area contributed by atoms with Crippen LogP contribution in [-0.2, 0) is 20.9 Å². The molecule has 0 radical (unpaired) electrons. The van der Waals surface area contributed by atoms with Gasteiger partial charge in [0.05, 0.1) is 12.5 Å². The molecule has 30 heavy (non-hydrogen) atoms. The molecule has 0 saturated carbocycles. The van der Waals surface area contributed by atoms with Crippen LogP contribution in [0.15, 0.2) is 48.5 Å². The second kappa shape index (κ2) is 8.57. The minimum atomic E-state index is -0.343. The lowest BCUT2D eigenvalue weighted by Gasteiger charge is -2.28. The first-order valence-electron chi connectivity index (χ1n) is 10.2. The summed E-state index contributed by atoms with van der Waals surface area (Å²) in [6.07, 6.45) is 0.232. The fraction of sp³-hybridized carbons (Fsp3) is 0.348. The summed E-state index contributed by atoms with van der Waals surface area (Å²) in [5.74, 6) is -0.433. The van der Waals surface area contributed by atoms with Crippen LogP contribution in [0.1, 0.15) is 17.5 Å². The fourth-order valence-corrected chi connectivity index (χ4v) is 3.87. The molecule has 2 saturated heterocycles. The number of piperazine rings is 1. The maximum absolute atomic E-state index is 12.6. The quantitative estimate of drug-likeness (QED) is 0.790. The van der Waals surface area contributed by atoms with Crippen LogP contribution in [0.2, 0.25) is 0 Å². The van der Waals surface area contributed by atoms with Crippen LogP contribution in [0.5, 0.6) is 0 Å². The Bertz CT molecular complexity index is 940. The van der Waals surface area contributed by atoms with Crippen LogP contribution in [0.4, 0.5) is 11.4 Å². The van der Waals surface area contributed by atoms with Crippen LogP contribution in [-0.4, -0.2) is 43.9 Å². The summed E-state index contributed by atoms with van der Waals surface area (Å²) in [7, 11) is 0. The topological polar surface area (TPSA) is 81.8 Å². The average molecular weight is 406 g/mol. The lowest BCUT2D eigenvalue weighted by Crippen LogP contribution is -2.47. The van der Waals surface area contributed by atoms with E-state index in [1.54, 1.807) is 4.90 Å². The molecular weight excluding hydrogens is 380 g/mol. The first-order chi connectivity index (χ1) is 14.5. The van der Waals surface area contributed by atoms with Gasteiger partial charge in [-0.15, -0.1) is 0 Å². The van der Waals surface area contributed by atoms with Crippen LogP contribution in [0.25, 0.3) is 0 Å². The lowest BCUT2D eigenvalue weighted by molar-refractivity contribution is -0.126. The highest BCUT2D eigenvalue weighted by molar-refractivity contribution is 6.00. The van der Waals surface area contributed by atoms with E-state index in [2.05, 4.69) is 10.6 Å². The summed E-state index contributed by atoms with van der Waals surface area (Å²) in [5.41, 5.74) is 3.94. The van der Waals surface area contributed by atoms with E-state index in [0.29, 0.717) is 26.2 Å². The van der Waals surface area contributed by atoms with E-state index in [0.717, 1.165) is 29.0 Å². The molecule has 2 aromatic rings. The Hall–Kier alpha value is -3.35. The Morgan fingerprint density at radius 2 is 1.77 bits per heavy atom. The maximum atomic E-state index is 12.6. The Balaban J connectivity index is 1.31. The van der Waals surface area contributed by atoms with Crippen molar-refractivity contribution in [1.29, 1.82) is 0 Å². The van der Waals surface area contributed by atoms with Crippen molar-refractivity contribution in [2.24, 2.45) is 5.92 Å². The number of nitrogens with zero attached hydrogens (tertiary/aromatic N) is 2. The highest BCUT2D eigenvalue weighted by Crippen LogP contribution is 2.25. The summed E-state index contributed by atoms with van der Waals surface area (Å²) in [4.78, 5) is 40.2. The number of carbonyl (C=O) groups is 3. The molecule has 0 aromatic heterocycles. The predicted molar refractivity (Wildman–Crippen MR) is 115 cm³/mol. The van der Waals surface area contributed by atoms with Gasteiger partial charge in [0.25, 0.3) is 0 Å². The lowest BCUT2D eigenvalue weighted by atomic mass is 10.1. The summed E-state index contributed by atoms with van der Waals surface area (Å²) < 4.78 is 0. The minimum absolute atomic E-state index is 0.0195. The maximum Gasteiger partial charge on any atom is 0.239 e. The minimum Gasteiger partial charge on any atom is -0.360 e. The number of anilines is 2. The van der Waals surface area contributed by atoms with E-state index in [1.807, 2.05) is 60.4 Å². The van der Waals surface area contributed by atoms with Crippen molar-refractivity contribution in [2.45, 2.75) is 19.9 Å². The molecule has 2 heterocycles. The molecule has 2 aromatic carbocycles. The van der Waals surface area contributed by atoms with E-state index in [4.69, 9.17) is 0 Å². The summed E-state index contributed by atoms with van der Waals surface area (Å²) in [5, 5.41) is 5.77. The Kier molecular flexibility index (Phi) is 5.70. The van der Waals surface area contributed by atoms with E-state index in [-0.39, 0.29) is 30.1 Å². The second-order valence-electron chi connectivity index (χ2n) is 7.90. The second-order valence-corrected chi connectivity index (χ2v) is 7.90. The number of benzene rings is 2. The molecule has 7 nitrogen and oxygen atoms in total. The molecule has 0 spiro atoms. The Morgan fingerprint density at radius 1 is 1.07 bits per heavy atom. The molecule has 3 amide bonds. The Morgan fingerprint density at radius 3 is 2.47 bits per heavy atom. The molecule has 2 aliphatic rings. The largest absolute Gasteiger partial charge is 0.360 e. The van der Waals surface area contributed by atoms with Crippen LogP contribution in [0, 0.1) is 12.8 Å². The molecule has 1 unspecified atom stereocenters. The zero-order valence-electron chi connectivity index (χ0n) is 17.1. The van der Waals surface area contributed by atoms with Crippen molar-refractivity contribution < 1.29 is 14.4 Å². The van der Waals surface area contributed by atoms with Gasteiger partial charge < -0.3 is 20.4 Å². The van der Waals surface area contributed by atoms with E-state index in [1.165, 1.54) is 0 Å². The van der Waals surface area contributed by atoms with E-state index < -0.39 is 0 Å². The van der Waals surface area contributed by atoms with Gasteiger partial charge in [0, 0.05) is 44.0 Å². The van der Waals surface area contributed by atoms with Gasteiger partial charge in [-0.1, -0.05) is 29.8 Å².